The van der Waals surface area contributed by atoms with Crippen molar-refractivity contribution in [2.45, 2.75) is 52.9 Å². The molecule has 0 aliphatic carbocycles. The van der Waals surface area contributed by atoms with Gasteiger partial charge in [0.2, 0.25) is 5.91 Å². The molecule has 0 aromatic carbocycles. The van der Waals surface area contributed by atoms with E-state index in [1.165, 1.54) is 6.42 Å². The lowest BCUT2D eigenvalue weighted by atomic mass is 9.90. The maximum absolute atomic E-state index is 11.6. The molecule has 0 saturated carbocycles. The van der Waals surface area contributed by atoms with Crippen LogP contribution in [0.25, 0.3) is 0 Å². The highest BCUT2D eigenvalue weighted by Gasteiger charge is 2.14. The fourth-order valence-electron chi connectivity index (χ4n) is 2.24. The van der Waals surface area contributed by atoms with Crippen LogP contribution in [-0.4, -0.2) is 25.5 Å². The summed E-state index contributed by atoms with van der Waals surface area (Å²) >= 11 is 0. The maximum atomic E-state index is 11.6. The Kier molecular flexibility index (Phi) is 8.62. The molecule has 1 aliphatic rings. The zero-order valence-corrected chi connectivity index (χ0v) is 12.9. The molecule has 1 fully saturated rings. The van der Waals surface area contributed by atoms with Crippen molar-refractivity contribution < 1.29 is 4.79 Å². The lowest BCUT2D eigenvalue weighted by Crippen LogP contribution is -2.26. The summed E-state index contributed by atoms with van der Waals surface area (Å²) in [7, 11) is 0. The van der Waals surface area contributed by atoms with Gasteiger partial charge in [-0.3, -0.25) is 4.79 Å². The van der Waals surface area contributed by atoms with Crippen LogP contribution in [-0.2, 0) is 4.79 Å². The number of hydrogen-bond acceptors (Lipinski definition) is 2. The van der Waals surface area contributed by atoms with Gasteiger partial charge < -0.3 is 10.6 Å². The first-order chi connectivity index (χ1) is 7.97. The van der Waals surface area contributed by atoms with Gasteiger partial charge in [0.1, 0.15) is 0 Å². The fraction of sp³-hybridized carbons (Fsp3) is 0.929. The van der Waals surface area contributed by atoms with Crippen LogP contribution in [0.2, 0.25) is 0 Å². The molecule has 0 radical (unpaired) electrons. The van der Waals surface area contributed by atoms with Gasteiger partial charge in [0.05, 0.1) is 0 Å². The summed E-state index contributed by atoms with van der Waals surface area (Å²) in [6, 6.07) is 0. The van der Waals surface area contributed by atoms with Crippen molar-refractivity contribution >= 4 is 18.3 Å². The first-order valence-corrected chi connectivity index (χ1v) is 6.95. The lowest BCUT2D eigenvalue weighted by Gasteiger charge is -2.17. The van der Waals surface area contributed by atoms with Crippen molar-refractivity contribution in [3.63, 3.8) is 0 Å². The van der Waals surface area contributed by atoms with Crippen molar-refractivity contribution in [3.05, 3.63) is 0 Å². The molecule has 0 aromatic heterocycles. The minimum atomic E-state index is 0. The average molecular weight is 277 g/mol. The fourth-order valence-corrected chi connectivity index (χ4v) is 2.24. The minimum Gasteiger partial charge on any atom is -0.356 e. The second-order valence-corrected chi connectivity index (χ2v) is 6.41. The van der Waals surface area contributed by atoms with E-state index in [2.05, 4.69) is 31.4 Å². The summed E-state index contributed by atoms with van der Waals surface area (Å²) in [6.07, 6.45) is 5.19. The standard InChI is InChI=1S/C14H28N2O.ClH/c1-14(2,3)8-4-5-13(17)16-10-7-12-6-9-15-11-12;/h12,15H,4-11H2,1-3H3,(H,16,17);1H. The zero-order valence-electron chi connectivity index (χ0n) is 12.1. The van der Waals surface area contributed by atoms with E-state index in [1.54, 1.807) is 0 Å². The van der Waals surface area contributed by atoms with Crippen LogP contribution >= 0.6 is 12.4 Å². The summed E-state index contributed by atoms with van der Waals surface area (Å²) in [4.78, 5) is 11.6. The maximum Gasteiger partial charge on any atom is 0.219 e. The molecule has 3 nitrogen and oxygen atoms in total. The molecule has 4 heteroatoms. The van der Waals surface area contributed by atoms with Crippen LogP contribution in [0.15, 0.2) is 0 Å². The van der Waals surface area contributed by atoms with Crippen LogP contribution in [0.3, 0.4) is 0 Å². The quantitative estimate of drug-likeness (QED) is 0.783. The molecule has 1 saturated heterocycles. The van der Waals surface area contributed by atoms with E-state index in [1.807, 2.05) is 0 Å². The van der Waals surface area contributed by atoms with Crippen molar-refractivity contribution in [2.24, 2.45) is 11.3 Å². The van der Waals surface area contributed by atoms with E-state index < -0.39 is 0 Å². The Bertz CT molecular complexity index is 232. The van der Waals surface area contributed by atoms with Crippen LogP contribution in [0.4, 0.5) is 0 Å². The van der Waals surface area contributed by atoms with Crippen LogP contribution in [0, 0.1) is 11.3 Å². The highest BCUT2D eigenvalue weighted by Crippen LogP contribution is 2.21. The molecule has 108 valence electrons. The van der Waals surface area contributed by atoms with Crippen molar-refractivity contribution in [1.29, 1.82) is 0 Å². The third kappa shape index (κ3) is 8.76. The first kappa shape index (κ1) is 17.7. The van der Waals surface area contributed by atoms with Gasteiger partial charge in [0.15, 0.2) is 0 Å². The summed E-state index contributed by atoms with van der Waals surface area (Å²) in [5, 5.41) is 6.38. The molecule has 1 heterocycles. The van der Waals surface area contributed by atoms with Crippen LogP contribution in [0.5, 0.6) is 0 Å². The van der Waals surface area contributed by atoms with Gasteiger partial charge in [0, 0.05) is 13.0 Å². The third-order valence-electron chi connectivity index (χ3n) is 3.37. The number of halogens is 1. The van der Waals surface area contributed by atoms with Crippen molar-refractivity contribution in [3.8, 4) is 0 Å². The summed E-state index contributed by atoms with van der Waals surface area (Å²) < 4.78 is 0. The molecular formula is C14H29ClN2O. The molecule has 18 heavy (non-hydrogen) atoms. The summed E-state index contributed by atoms with van der Waals surface area (Å²) in [6.45, 7) is 9.78. The average Bonchev–Trinajstić information content (AvgIpc) is 2.68. The van der Waals surface area contributed by atoms with E-state index in [0.29, 0.717) is 11.8 Å². The Hall–Kier alpha value is -0.280. The molecular weight excluding hydrogens is 248 g/mol. The Morgan fingerprint density at radius 1 is 1.39 bits per heavy atom. The normalized spacial score (nSPS) is 19.4. The van der Waals surface area contributed by atoms with Gasteiger partial charge in [-0.15, -0.1) is 12.4 Å². The van der Waals surface area contributed by atoms with Gasteiger partial charge in [0.25, 0.3) is 0 Å². The lowest BCUT2D eigenvalue weighted by molar-refractivity contribution is -0.121. The summed E-state index contributed by atoms with van der Waals surface area (Å²) in [5.41, 5.74) is 0.343. The number of carbonyl (C=O) groups excluding carboxylic acids is 1. The van der Waals surface area contributed by atoms with Crippen LogP contribution < -0.4 is 10.6 Å². The monoisotopic (exact) mass is 276 g/mol. The van der Waals surface area contributed by atoms with E-state index in [0.717, 1.165) is 44.8 Å². The van der Waals surface area contributed by atoms with Gasteiger partial charge in [-0.05, 0) is 50.1 Å². The first-order valence-electron chi connectivity index (χ1n) is 6.95. The SMILES string of the molecule is CC(C)(C)CCCC(=O)NCCC1CCNC1.Cl. The van der Waals surface area contributed by atoms with E-state index in [-0.39, 0.29) is 18.3 Å². The van der Waals surface area contributed by atoms with E-state index in [9.17, 15) is 4.79 Å². The molecule has 0 aromatic rings. The molecule has 1 atom stereocenters. The van der Waals surface area contributed by atoms with Crippen LogP contribution in [0.1, 0.15) is 52.9 Å². The smallest absolute Gasteiger partial charge is 0.219 e. The highest BCUT2D eigenvalue weighted by atomic mass is 35.5. The summed E-state index contributed by atoms with van der Waals surface area (Å²) in [5.74, 6) is 0.991. The Balaban J connectivity index is 0.00000289. The molecule has 1 rings (SSSR count). The molecule has 1 amide bonds. The number of hydrogen-bond donors (Lipinski definition) is 2. The topological polar surface area (TPSA) is 41.1 Å². The van der Waals surface area contributed by atoms with E-state index >= 15 is 0 Å². The number of nitrogens with one attached hydrogen (secondary N) is 2. The predicted molar refractivity (Wildman–Crippen MR) is 79.2 cm³/mol. The molecule has 0 spiro atoms. The molecule has 1 aliphatic heterocycles. The van der Waals surface area contributed by atoms with Crippen molar-refractivity contribution in [1.82, 2.24) is 10.6 Å². The zero-order chi connectivity index (χ0) is 12.7. The van der Waals surface area contributed by atoms with Gasteiger partial charge in [-0.25, -0.2) is 0 Å². The number of carbonyl (C=O) groups is 1. The molecule has 2 N–H and O–H groups in total. The third-order valence-corrected chi connectivity index (χ3v) is 3.37. The second kappa shape index (κ2) is 8.76. The Morgan fingerprint density at radius 2 is 2.11 bits per heavy atom. The van der Waals surface area contributed by atoms with Gasteiger partial charge in [-0.1, -0.05) is 20.8 Å². The number of rotatable bonds is 6. The number of amides is 1. The highest BCUT2D eigenvalue weighted by molar-refractivity contribution is 5.85. The second-order valence-electron chi connectivity index (χ2n) is 6.41. The largest absolute Gasteiger partial charge is 0.356 e. The van der Waals surface area contributed by atoms with Crippen molar-refractivity contribution in [2.75, 3.05) is 19.6 Å². The van der Waals surface area contributed by atoms with Gasteiger partial charge >= 0.3 is 0 Å². The predicted octanol–water partition coefficient (Wildman–Crippen LogP) is 2.74. The molecule has 1 unspecified atom stereocenters. The molecule has 0 bridgehead atoms. The minimum absolute atomic E-state index is 0. The Labute approximate surface area is 118 Å². The van der Waals surface area contributed by atoms with E-state index in [4.69, 9.17) is 0 Å². The Morgan fingerprint density at radius 3 is 2.67 bits per heavy atom. The van der Waals surface area contributed by atoms with Gasteiger partial charge in [-0.2, -0.15) is 0 Å².